The summed E-state index contributed by atoms with van der Waals surface area (Å²) in [6.45, 7) is 1.84. The Hall–Kier alpha value is -0.880. The molecule has 1 unspecified atom stereocenters. The summed E-state index contributed by atoms with van der Waals surface area (Å²) in [4.78, 5) is 11.7. The summed E-state index contributed by atoms with van der Waals surface area (Å²) in [7, 11) is -3.31. The van der Waals surface area contributed by atoms with E-state index in [4.69, 9.17) is 0 Å². The number of nitrogens with one attached hydrogen (secondary N) is 1. The van der Waals surface area contributed by atoms with Crippen molar-refractivity contribution < 1.29 is 13.2 Å². The van der Waals surface area contributed by atoms with Gasteiger partial charge < -0.3 is 5.32 Å². The molecular weight excluding hydrogens is 318 g/mol. The van der Waals surface area contributed by atoms with E-state index >= 15 is 0 Å². The molecule has 6 heteroatoms. The van der Waals surface area contributed by atoms with Crippen molar-refractivity contribution in [2.75, 3.05) is 17.3 Å². The van der Waals surface area contributed by atoms with Crippen LogP contribution >= 0.6 is 15.9 Å². The zero-order valence-electron chi connectivity index (χ0n) is 10.3. The first-order valence-electron chi connectivity index (χ1n) is 5.37. The van der Waals surface area contributed by atoms with Gasteiger partial charge >= 0.3 is 0 Å². The maximum Gasteiger partial charge on any atom is 0.235 e. The fourth-order valence-corrected chi connectivity index (χ4v) is 2.58. The lowest BCUT2D eigenvalue weighted by atomic mass is 9.94. The van der Waals surface area contributed by atoms with E-state index in [2.05, 4.69) is 21.2 Å². The minimum absolute atomic E-state index is 0.497. The van der Waals surface area contributed by atoms with Gasteiger partial charge in [0.2, 0.25) is 5.91 Å². The average Bonchev–Trinajstić information content (AvgIpc) is 2.27. The minimum Gasteiger partial charge on any atom is -0.345 e. The van der Waals surface area contributed by atoms with Gasteiger partial charge in [0.15, 0.2) is 9.84 Å². The molecule has 0 saturated heterocycles. The second-order valence-corrected chi connectivity index (χ2v) is 7.15. The van der Waals surface area contributed by atoms with Crippen molar-refractivity contribution >= 4 is 31.7 Å². The molecule has 1 N–H and O–H groups in total. The number of alkyl halides is 1. The van der Waals surface area contributed by atoms with Crippen LogP contribution in [0.2, 0.25) is 0 Å². The van der Waals surface area contributed by atoms with Crippen LogP contribution in [0.15, 0.2) is 30.3 Å². The van der Waals surface area contributed by atoms with Gasteiger partial charge in [-0.1, -0.05) is 46.3 Å². The van der Waals surface area contributed by atoms with Gasteiger partial charge in [-0.3, -0.25) is 4.79 Å². The number of sulfone groups is 1. The van der Waals surface area contributed by atoms with E-state index in [0.717, 1.165) is 11.8 Å². The third-order valence-electron chi connectivity index (χ3n) is 2.49. The van der Waals surface area contributed by atoms with E-state index in [1.807, 2.05) is 37.3 Å². The summed E-state index contributed by atoms with van der Waals surface area (Å²) in [6, 6.07) is 9.42. The first-order valence-corrected chi connectivity index (χ1v) is 8.55. The number of carbonyl (C=O) groups is 1. The Balaban J connectivity index is 2.88. The molecule has 0 bridgehead atoms. The van der Waals surface area contributed by atoms with Crippen molar-refractivity contribution in [1.29, 1.82) is 0 Å². The monoisotopic (exact) mass is 333 g/mol. The summed E-state index contributed by atoms with van der Waals surface area (Å²) in [6.07, 6.45) is 1.04. The van der Waals surface area contributed by atoms with Crippen LogP contribution in [0.4, 0.5) is 0 Å². The molecule has 1 atom stereocenters. The van der Waals surface area contributed by atoms with E-state index in [1.54, 1.807) is 0 Å². The highest BCUT2D eigenvalue weighted by atomic mass is 79.9. The van der Waals surface area contributed by atoms with Crippen LogP contribution in [0, 0.1) is 0 Å². The van der Waals surface area contributed by atoms with Crippen LogP contribution < -0.4 is 5.32 Å². The molecule has 0 aliphatic carbocycles. The molecule has 0 aliphatic rings. The summed E-state index contributed by atoms with van der Waals surface area (Å²) < 4.78 is 22.2. The number of hydrogen-bond acceptors (Lipinski definition) is 3. The smallest absolute Gasteiger partial charge is 0.235 e. The number of benzene rings is 1. The number of amides is 1. The van der Waals surface area contributed by atoms with Gasteiger partial charge in [-0.15, -0.1) is 0 Å². The maximum absolute atomic E-state index is 11.7. The van der Waals surface area contributed by atoms with Crippen LogP contribution in [0.3, 0.4) is 0 Å². The molecule has 0 spiro atoms. The Morgan fingerprint density at radius 2 is 1.89 bits per heavy atom. The van der Waals surface area contributed by atoms with Crippen LogP contribution in [0.5, 0.6) is 0 Å². The second kappa shape index (κ2) is 5.84. The van der Waals surface area contributed by atoms with Crippen molar-refractivity contribution in [1.82, 2.24) is 5.32 Å². The fourth-order valence-electron chi connectivity index (χ4n) is 1.57. The third kappa shape index (κ3) is 4.42. The average molecular weight is 334 g/mol. The predicted octanol–water partition coefficient (Wildman–Crippen LogP) is 1.46. The van der Waals surface area contributed by atoms with Crippen LogP contribution in [0.1, 0.15) is 12.5 Å². The summed E-state index contributed by atoms with van der Waals surface area (Å²) in [5, 5.41) is 3.25. The Labute approximate surface area is 116 Å². The lowest BCUT2D eigenvalue weighted by Crippen LogP contribution is -2.46. The lowest BCUT2D eigenvalue weighted by molar-refractivity contribution is -0.120. The maximum atomic E-state index is 11.7. The van der Waals surface area contributed by atoms with E-state index in [9.17, 15) is 13.2 Å². The summed E-state index contributed by atoms with van der Waals surface area (Å²) >= 11 is 3.35. The lowest BCUT2D eigenvalue weighted by Gasteiger charge is -2.29. The largest absolute Gasteiger partial charge is 0.345 e. The minimum atomic E-state index is -3.31. The van der Waals surface area contributed by atoms with E-state index in [1.165, 1.54) is 0 Å². The molecule has 0 aromatic heterocycles. The topological polar surface area (TPSA) is 63.2 Å². The molecular formula is C12H16BrNO3S. The number of halogens is 1. The van der Waals surface area contributed by atoms with Gasteiger partial charge in [-0.2, -0.15) is 0 Å². The summed E-state index contributed by atoms with van der Waals surface area (Å²) in [5.74, 6) is -0.995. The van der Waals surface area contributed by atoms with Crippen molar-refractivity contribution in [2.24, 2.45) is 0 Å². The van der Waals surface area contributed by atoms with Gasteiger partial charge in [0.05, 0.1) is 5.54 Å². The molecule has 1 aromatic rings. The molecule has 0 radical (unpaired) electrons. The second-order valence-electron chi connectivity index (χ2n) is 4.45. The molecule has 0 heterocycles. The van der Waals surface area contributed by atoms with Gasteiger partial charge in [-0.05, 0) is 12.5 Å². The van der Waals surface area contributed by atoms with Gasteiger partial charge in [0.1, 0.15) is 5.75 Å². The number of carbonyl (C=O) groups excluding carboxylic acids is 1. The van der Waals surface area contributed by atoms with E-state index < -0.39 is 27.0 Å². The highest BCUT2D eigenvalue weighted by Gasteiger charge is 2.28. The summed E-state index contributed by atoms with van der Waals surface area (Å²) in [5.41, 5.74) is 0.298. The fraction of sp³-hybridized carbons (Fsp3) is 0.417. The Kier molecular flexibility index (Phi) is 4.92. The SMILES string of the molecule is CC(CBr)(NC(=O)CS(C)(=O)=O)c1ccccc1. The predicted molar refractivity (Wildman–Crippen MR) is 75.4 cm³/mol. The van der Waals surface area contributed by atoms with Gasteiger partial charge in [0.25, 0.3) is 0 Å². The molecule has 1 amide bonds. The molecule has 18 heavy (non-hydrogen) atoms. The Morgan fingerprint density at radius 3 is 2.33 bits per heavy atom. The zero-order chi connectivity index (χ0) is 13.8. The quantitative estimate of drug-likeness (QED) is 0.829. The van der Waals surface area contributed by atoms with Crippen molar-refractivity contribution in [2.45, 2.75) is 12.5 Å². The molecule has 0 aliphatic heterocycles. The number of hydrogen-bond donors (Lipinski definition) is 1. The van der Waals surface area contributed by atoms with Crippen molar-refractivity contribution in [3.8, 4) is 0 Å². The first kappa shape index (κ1) is 15.2. The molecule has 0 saturated carbocycles. The van der Waals surface area contributed by atoms with Gasteiger partial charge in [-0.25, -0.2) is 8.42 Å². The van der Waals surface area contributed by atoms with E-state index in [-0.39, 0.29) is 0 Å². The molecule has 4 nitrogen and oxygen atoms in total. The van der Waals surface area contributed by atoms with Crippen LogP contribution in [0.25, 0.3) is 0 Å². The molecule has 1 aromatic carbocycles. The Bertz CT molecular complexity index is 515. The molecule has 100 valence electrons. The highest BCUT2D eigenvalue weighted by molar-refractivity contribution is 9.09. The highest BCUT2D eigenvalue weighted by Crippen LogP contribution is 2.22. The van der Waals surface area contributed by atoms with Crippen LogP contribution in [-0.4, -0.2) is 31.7 Å². The van der Waals surface area contributed by atoms with Crippen LogP contribution in [-0.2, 0) is 20.2 Å². The van der Waals surface area contributed by atoms with Crippen molar-refractivity contribution in [3.63, 3.8) is 0 Å². The first-order chi connectivity index (χ1) is 8.27. The van der Waals surface area contributed by atoms with Crippen molar-refractivity contribution in [3.05, 3.63) is 35.9 Å². The number of rotatable bonds is 5. The molecule has 0 fully saturated rings. The normalized spacial score (nSPS) is 14.8. The van der Waals surface area contributed by atoms with E-state index in [0.29, 0.717) is 5.33 Å². The van der Waals surface area contributed by atoms with Gasteiger partial charge in [0, 0.05) is 11.6 Å². The standard InChI is InChI=1S/C12H16BrNO3S/c1-12(9-13,10-6-4-3-5-7-10)14-11(15)8-18(2,16)17/h3-7H,8-9H2,1-2H3,(H,14,15). The zero-order valence-corrected chi connectivity index (χ0v) is 12.7. The Morgan fingerprint density at radius 1 is 1.33 bits per heavy atom. The third-order valence-corrected chi connectivity index (χ3v) is 4.39. The molecule has 1 rings (SSSR count).